The maximum absolute atomic E-state index is 14.0. The molecule has 1 heterocycles. The molecule has 0 saturated carbocycles. The Morgan fingerprint density at radius 2 is 1.50 bits per heavy atom. The van der Waals surface area contributed by atoms with Gasteiger partial charge in [-0.2, -0.15) is 0 Å². The number of aliphatic carboxylic acids is 1. The number of nitrogens with zero attached hydrogens (tertiary/aromatic N) is 1. The Balaban J connectivity index is 1.71. The summed E-state index contributed by atoms with van der Waals surface area (Å²) >= 11 is 3.62. The van der Waals surface area contributed by atoms with Gasteiger partial charge in [-0.25, -0.2) is 0 Å². The van der Waals surface area contributed by atoms with E-state index in [0.29, 0.717) is 49.2 Å². The van der Waals surface area contributed by atoms with Gasteiger partial charge in [-0.05, 0) is 47.4 Å². The summed E-state index contributed by atoms with van der Waals surface area (Å²) in [6.07, 6.45) is 1.91. The highest BCUT2D eigenvalue weighted by Gasteiger charge is 2.49. The zero-order valence-electron chi connectivity index (χ0n) is 23.6. The van der Waals surface area contributed by atoms with Gasteiger partial charge >= 0.3 is 5.97 Å². The van der Waals surface area contributed by atoms with E-state index in [-0.39, 0.29) is 35.4 Å². The molecule has 0 atom stereocenters. The first-order valence-corrected chi connectivity index (χ1v) is 14.6. The third-order valence-corrected chi connectivity index (χ3v) is 8.58. The number of ketones is 2. The van der Waals surface area contributed by atoms with Crippen LogP contribution in [0.5, 0.6) is 5.75 Å². The quantitative estimate of drug-likeness (QED) is 0.359. The number of halogens is 1. The fourth-order valence-corrected chi connectivity index (χ4v) is 6.83. The summed E-state index contributed by atoms with van der Waals surface area (Å²) in [4.78, 5) is 41.7. The van der Waals surface area contributed by atoms with Gasteiger partial charge in [-0.3, -0.25) is 14.4 Å². The van der Waals surface area contributed by atoms with E-state index in [4.69, 9.17) is 4.74 Å². The van der Waals surface area contributed by atoms with Crippen molar-refractivity contribution in [2.75, 3.05) is 6.54 Å². The average molecular weight is 607 g/mol. The largest absolute Gasteiger partial charge is 0.489 e. The molecule has 1 aliphatic heterocycles. The Morgan fingerprint density at radius 1 is 0.925 bits per heavy atom. The predicted octanol–water partition coefficient (Wildman–Crippen LogP) is 7.19. The number of carbonyl (C=O) groups is 3. The molecule has 1 N–H and O–H groups in total. The third-order valence-electron chi connectivity index (χ3n) is 8.09. The number of ether oxygens (including phenoxy) is 1. The van der Waals surface area contributed by atoms with Crippen LogP contribution in [0.4, 0.5) is 0 Å². The number of carboxylic acids is 1. The van der Waals surface area contributed by atoms with E-state index in [9.17, 15) is 19.5 Å². The van der Waals surface area contributed by atoms with Crippen LogP contribution in [0.2, 0.25) is 0 Å². The molecule has 0 saturated heterocycles. The van der Waals surface area contributed by atoms with Gasteiger partial charge in [-0.1, -0.05) is 74.0 Å². The minimum Gasteiger partial charge on any atom is -0.489 e. The molecular weight excluding hydrogens is 570 g/mol. The van der Waals surface area contributed by atoms with Crippen LogP contribution in [0.1, 0.15) is 76.8 Å². The second-order valence-electron chi connectivity index (χ2n) is 12.8. The van der Waals surface area contributed by atoms with Crippen molar-refractivity contribution in [1.82, 2.24) is 4.90 Å². The van der Waals surface area contributed by atoms with Crippen LogP contribution in [0.15, 0.2) is 75.5 Å². The molecule has 210 valence electrons. The molecule has 2 aromatic rings. The zero-order chi connectivity index (χ0) is 28.8. The normalized spacial score (nSPS) is 20.4. The number of carbonyl (C=O) groups excluding carboxylic acids is 2. The molecule has 0 amide bonds. The molecule has 0 bridgehead atoms. The third kappa shape index (κ3) is 5.67. The summed E-state index contributed by atoms with van der Waals surface area (Å²) in [6, 6.07) is 15.7. The van der Waals surface area contributed by atoms with E-state index in [2.05, 4.69) is 43.6 Å². The summed E-state index contributed by atoms with van der Waals surface area (Å²) < 4.78 is 7.20. The second-order valence-corrected chi connectivity index (χ2v) is 13.7. The molecule has 40 heavy (non-hydrogen) atoms. The number of allylic oxidation sites excluding steroid dienone is 4. The molecule has 6 nitrogen and oxygen atoms in total. The van der Waals surface area contributed by atoms with Crippen LogP contribution < -0.4 is 4.74 Å². The number of benzene rings is 2. The average Bonchev–Trinajstić information content (AvgIpc) is 2.85. The van der Waals surface area contributed by atoms with Gasteiger partial charge in [-0.15, -0.1) is 0 Å². The van der Waals surface area contributed by atoms with Crippen LogP contribution in [0, 0.1) is 10.8 Å². The Bertz CT molecular complexity index is 1380. The molecule has 0 fully saturated rings. The summed E-state index contributed by atoms with van der Waals surface area (Å²) in [7, 11) is 0. The molecule has 2 aromatic carbocycles. The monoisotopic (exact) mass is 605 g/mol. The van der Waals surface area contributed by atoms with Crippen molar-refractivity contribution >= 4 is 33.5 Å². The van der Waals surface area contributed by atoms with Crippen LogP contribution in [0.3, 0.4) is 0 Å². The van der Waals surface area contributed by atoms with Gasteiger partial charge in [0.2, 0.25) is 0 Å². The second kappa shape index (κ2) is 10.7. The lowest BCUT2D eigenvalue weighted by Gasteiger charge is -2.49. The fourth-order valence-electron chi connectivity index (χ4n) is 6.45. The molecule has 5 rings (SSSR count). The first kappa shape index (κ1) is 28.3. The van der Waals surface area contributed by atoms with E-state index < -0.39 is 11.9 Å². The van der Waals surface area contributed by atoms with E-state index in [1.807, 2.05) is 53.4 Å². The summed E-state index contributed by atoms with van der Waals surface area (Å²) in [6.45, 7) is 8.88. The number of rotatable bonds is 7. The molecule has 7 heteroatoms. The molecule has 0 spiro atoms. The van der Waals surface area contributed by atoms with Gasteiger partial charge in [0.25, 0.3) is 0 Å². The Kier molecular flexibility index (Phi) is 7.55. The Hall–Kier alpha value is -3.19. The van der Waals surface area contributed by atoms with Crippen LogP contribution in [-0.4, -0.2) is 34.1 Å². The van der Waals surface area contributed by atoms with Crippen molar-refractivity contribution in [3.63, 3.8) is 0 Å². The molecule has 3 aliphatic rings. The van der Waals surface area contributed by atoms with E-state index in [1.54, 1.807) is 0 Å². The number of carboxylic acid groups (broad SMARTS) is 1. The van der Waals surface area contributed by atoms with Crippen molar-refractivity contribution in [3.05, 3.63) is 86.7 Å². The topological polar surface area (TPSA) is 83.9 Å². The SMILES string of the molecule is CC1(C)CC(=O)C2=C(C1)N(CCC(=O)O)C1=C(C(=O)CC(C)(C)C1)C2c1cc(Br)ccc1OCc1ccccc1. The molecule has 2 aliphatic carbocycles. The lowest BCUT2D eigenvalue weighted by atomic mass is 9.63. The summed E-state index contributed by atoms with van der Waals surface area (Å²) in [5.74, 6) is -0.825. The van der Waals surface area contributed by atoms with Gasteiger partial charge in [0.15, 0.2) is 11.6 Å². The van der Waals surface area contributed by atoms with E-state index >= 15 is 0 Å². The highest BCUT2D eigenvalue weighted by atomic mass is 79.9. The smallest absolute Gasteiger partial charge is 0.305 e. The van der Waals surface area contributed by atoms with E-state index in [0.717, 1.165) is 27.0 Å². The molecule has 0 aromatic heterocycles. The zero-order valence-corrected chi connectivity index (χ0v) is 25.1. The predicted molar refractivity (Wildman–Crippen MR) is 157 cm³/mol. The number of hydrogen-bond donors (Lipinski definition) is 1. The standard InChI is InChI=1S/C33H36BrNO5/c1-32(2)15-23-30(25(36)17-32)29(22-14-21(34)10-11-27(22)40-19-20-8-6-5-7-9-20)31-24(35(23)13-12-28(38)39)16-33(3,4)18-26(31)37/h5-11,14,29H,12-13,15-19H2,1-4H3,(H,38,39). The van der Waals surface area contributed by atoms with Gasteiger partial charge in [0, 0.05) is 57.9 Å². The highest BCUT2D eigenvalue weighted by molar-refractivity contribution is 9.10. The number of Topliss-reactive ketones (excluding diaryl/α,β-unsaturated/α-hetero) is 2. The summed E-state index contributed by atoms with van der Waals surface area (Å²) in [5.41, 5.74) is 4.17. The van der Waals surface area contributed by atoms with Crippen LogP contribution in [0.25, 0.3) is 0 Å². The van der Waals surface area contributed by atoms with Crippen LogP contribution in [-0.2, 0) is 21.0 Å². The lowest BCUT2D eigenvalue weighted by molar-refractivity contribution is -0.137. The molecular formula is C33H36BrNO5. The minimum absolute atomic E-state index is 0.00902. The summed E-state index contributed by atoms with van der Waals surface area (Å²) in [5, 5.41) is 9.58. The first-order valence-electron chi connectivity index (χ1n) is 13.8. The Labute approximate surface area is 244 Å². The van der Waals surface area contributed by atoms with Crippen molar-refractivity contribution in [1.29, 1.82) is 0 Å². The lowest BCUT2D eigenvalue weighted by Crippen LogP contribution is -2.45. The minimum atomic E-state index is -0.905. The maximum Gasteiger partial charge on any atom is 0.305 e. The maximum atomic E-state index is 14.0. The van der Waals surface area contributed by atoms with Crippen molar-refractivity contribution < 1.29 is 24.2 Å². The molecule has 0 unspecified atom stereocenters. The highest BCUT2D eigenvalue weighted by Crippen LogP contribution is 2.55. The van der Waals surface area contributed by atoms with Crippen molar-refractivity contribution in [2.45, 2.75) is 72.3 Å². The first-order chi connectivity index (χ1) is 18.8. The molecule has 0 radical (unpaired) electrons. The van der Waals surface area contributed by atoms with Crippen molar-refractivity contribution in [3.8, 4) is 5.75 Å². The number of hydrogen-bond acceptors (Lipinski definition) is 5. The van der Waals surface area contributed by atoms with Crippen LogP contribution >= 0.6 is 15.9 Å². The van der Waals surface area contributed by atoms with E-state index in [1.165, 1.54) is 0 Å². The van der Waals surface area contributed by atoms with Gasteiger partial charge in [0.1, 0.15) is 12.4 Å². The van der Waals surface area contributed by atoms with Gasteiger partial charge in [0.05, 0.1) is 6.42 Å². The Morgan fingerprint density at radius 3 is 2.05 bits per heavy atom. The van der Waals surface area contributed by atoms with Crippen molar-refractivity contribution in [2.24, 2.45) is 10.8 Å². The van der Waals surface area contributed by atoms with Gasteiger partial charge < -0.3 is 14.7 Å². The fraction of sp³-hybridized carbons (Fsp3) is 0.424.